The van der Waals surface area contributed by atoms with Gasteiger partial charge < -0.3 is 4.74 Å². The number of nitroso groups, excluding NO2 is 1. The van der Waals surface area contributed by atoms with Gasteiger partial charge in [0.2, 0.25) is 0 Å². The molecule has 1 atom stereocenters. The zero-order valence-corrected chi connectivity index (χ0v) is 7.70. The van der Waals surface area contributed by atoms with Gasteiger partial charge in [0.15, 0.2) is 5.75 Å². The number of fused-ring (bicyclic) bond motifs is 1. The number of hydrogen-bond donors (Lipinski definition) is 0. The van der Waals surface area contributed by atoms with E-state index in [9.17, 15) is 4.91 Å². The highest BCUT2D eigenvalue weighted by Gasteiger charge is 2.22. The van der Waals surface area contributed by atoms with Crippen LogP contribution in [0.25, 0.3) is 0 Å². The second-order valence-corrected chi connectivity index (χ2v) is 3.50. The largest absolute Gasteiger partial charge is 0.488 e. The maximum Gasteiger partial charge on any atom is 0.152 e. The maximum atomic E-state index is 10.5. The lowest BCUT2D eigenvalue weighted by atomic mass is 10.1. The van der Waals surface area contributed by atoms with Crippen LogP contribution in [0, 0.1) is 11.8 Å². The van der Waals surface area contributed by atoms with Gasteiger partial charge >= 0.3 is 0 Å². The van der Waals surface area contributed by atoms with Crippen LogP contribution < -0.4 is 4.74 Å². The van der Waals surface area contributed by atoms with Gasteiger partial charge in [0.05, 0.1) is 0 Å². The zero-order chi connectivity index (χ0) is 9.42. The Kier molecular flexibility index (Phi) is 1.79. The summed E-state index contributed by atoms with van der Waals surface area (Å²) in [5.74, 6) is 0.674. The fourth-order valence-electron chi connectivity index (χ4n) is 1.74. The Morgan fingerprint density at radius 1 is 1.54 bits per heavy atom. The van der Waals surface area contributed by atoms with E-state index in [4.69, 9.17) is 4.74 Å². The van der Waals surface area contributed by atoms with Crippen molar-refractivity contribution in [1.29, 1.82) is 0 Å². The summed E-state index contributed by atoms with van der Waals surface area (Å²) in [5, 5.41) is 2.96. The van der Waals surface area contributed by atoms with Crippen molar-refractivity contribution in [2.24, 2.45) is 5.18 Å². The van der Waals surface area contributed by atoms with Gasteiger partial charge in [-0.2, -0.15) is 0 Å². The quantitative estimate of drug-likeness (QED) is 0.618. The number of aryl methyl sites for hydroxylation is 1. The number of nitrogens with zero attached hydrogens (tertiary/aromatic N) is 1. The van der Waals surface area contributed by atoms with Crippen LogP contribution in [-0.2, 0) is 6.42 Å². The number of rotatable bonds is 1. The van der Waals surface area contributed by atoms with Crippen LogP contribution in [0.5, 0.6) is 5.75 Å². The molecule has 2 rings (SSSR count). The van der Waals surface area contributed by atoms with E-state index in [1.807, 2.05) is 19.9 Å². The summed E-state index contributed by atoms with van der Waals surface area (Å²) in [4.78, 5) is 10.5. The summed E-state index contributed by atoms with van der Waals surface area (Å²) < 4.78 is 5.49. The molecule has 0 aliphatic carbocycles. The molecule has 0 saturated carbocycles. The Labute approximate surface area is 76.7 Å². The van der Waals surface area contributed by atoms with E-state index in [-0.39, 0.29) is 6.10 Å². The molecule has 0 unspecified atom stereocenters. The molecule has 68 valence electrons. The van der Waals surface area contributed by atoms with Gasteiger partial charge in [-0.1, -0.05) is 6.07 Å². The molecule has 1 aliphatic rings. The van der Waals surface area contributed by atoms with Crippen molar-refractivity contribution in [3.05, 3.63) is 28.2 Å². The van der Waals surface area contributed by atoms with Crippen LogP contribution in [0.1, 0.15) is 18.1 Å². The molecule has 0 fully saturated rings. The molecule has 0 radical (unpaired) electrons. The maximum absolute atomic E-state index is 10.5. The molecule has 0 saturated heterocycles. The lowest BCUT2D eigenvalue weighted by molar-refractivity contribution is 0.255. The topological polar surface area (TPSA) is 38.7 Å². The Hall–Kier alpha value is -1.38. The minimum Gasteiger partial charge on any atom is -0.488 e. The van der Waals surface area contributed by atoms with Crippen LogP contribution in [0.3, 0.4) is 0 Å². The number of hydrogen-bond acceptors (Lipinski definition) is 3. The standard InChI is InChI=1S/C10H11NO2/c1-6-3-8-5-7(2)13-10(8)9(4-6)11-12/h3-4,7H,5H2,1-2H3/t7-/m0/s1. The second kappa shape index (κ2) is 2.83. The Morgan fingerprint density at radius 3 is 3.00 bits per heavy atom. The van der Waals surface area contributed by atoms with Crippen LogP contribution in [0.4, 0.5) is 5.69 Å². The fraction of sp³-hybridized carbons (Fsp3) is 0.400. The summed E-state index contributed by atoms with van der Waals surface area (Å²) in [6.45, 7) is 3.95. The van der Waals surface area contributed by atoms with Gasteiger partial charge in [-0.3, -0.25) is 0 Å². The Morgan fingerprint density at radius 2 is 2.31 bits per heavy atom. The second-order valence-electron chi connectivity index (χ2n) is 3.50. The van der Waals surface area contributed by atoms with Crippen molar-refractivity contribution < 1.29 is 4.74 Å². The molecule has 3 heteroatoms. The molecular formula is C10H11NO2. The summed E-state index contributed by atoms with van der Waals surface area (Å²) in [7, 11) is 0. The van der Waals surface area contributed by atoms with Gasteiger partial charge in [-0.25, -0.2) is 0 Å². The van der Waals surface area contributed by atoms with Crippen molar-refractivity contribution in [3.8, 4) is 5.75 Å². The van der Waals surface area contributed by atoms with Crippen LogP contribution in [-0.4, -0.2) is 6.10 Å². The number of benzene rings is 1. The van der Waals surface area contributed by atoms with Crippen molar-refractivity contribution >= 4 is 5.69 Å². The lowest BCUT2D eigenvalue weighted by Crippen LogP contribution is -2.05. The molecule has 1 aromatic carbocycles. The molecule has 1 aromatic rings. The minimum atomic E-state index is 0.164. The average molecular weight is 177 g/mol. The van der Waals surface area contributed by atoms with Crippen molar-refractivity contribution in [3.63, 3.8) is 0 Å². The van der Waals surface area contributed by atoms with Gasteiger partial charge in [-0.15, -0.1) is 4.91 Å². The molecule has 0 bridgehead atoms. The van der Waals surface area contributed by atoms with E-state index < -0.39 is 0 Å². The van der Waals surface area contributed by atoms with Gasteiger partial charge in [0, 0.05) is 12.0 Å². The summed E-state index contributed by atoms with van der Waals surface area (Å²) in [6, 6.07) is 3.80. The molecule has 3 nitrogen and oxygen atoms in total. The minimum absolute atomic E-state index is 0.164. The predicted octanol–water partition coefficient (Wildman–Crippen LogP) is 2.72. The average Bonchev–Trinajstić information content (AvgIpc) is 2.43. The summed E-state index contributed by atoms with van der Waals surface area (Å²) in [5.41, 5.74) is 2.59. The van der Waals surface area contributed by atoms with Gasteiger partial charge in [-0.05, 0) is 30.7 Å². The highest BCUT2D eigenvalue weighted by atomic mass is 16.5. The first kappa shape index (κ1) is 8.23. The van der Waals surface area contributed by atoms with E-state index >= 15 is 0 Å². The third kappa shape index (κ3) is 1.30. The van der Waals surface area contributed by atoms with E-state index in [1.54, 1.807) is 6.07 Å². The smallest absolute Gasteiger partial charge is 0.152 e. The highest BCUT2D eigenvalue weighted by Crippen LogP contribution is 2.38. The molecule has 0 aromatic heterocycles. The third-order valence-electron chi connectivity index (χ3n) is 2.22. The Bertz CT molecular complexity index is 360. The molecule has 0 N–H and O–H groups in total. The first-order chi connectivity index (χ1) is 6.20. The molecule has 1 heterocycles. The predicted molar refractivity (Wildman–Crippen MR) is 50.4 cm³/mol. The molecule has 13 heavy (non-hydrogen) atoms. The molecule has 0 amide bonds. The van der Waals surface area contributed by atoms with Crippen LogP contribution in [0.2, 0.25) is 0 Å². The van der Waals surface area contributed by atoms with E-state index in [0.717, 1.165) is 17.5 Å². The monoisotopic (exact) mass is 177 g/mol. The molecule has 0 spiro atoms. The van der Waals surface area contributed by atoms with Crippen molar-refractivity contribution in [2.75, 3.05) is 0 Å². The zero-order valence-electron chi connectivity index (χ0n) is 7.70. The summed E-state index contributed by atoms with van der Waals surface area (Å²) in [6.07, 6.45) is 1.04. The Balaban J connectivity index is 2.56. The first-order valence-corrected chi connectivity index (χ1v) is 4.34. The first-order valence-electron chi connectivity index (χ1n) is 4.34. The highest BCUT2D eigenvalue weighted by molar-refractivity contribution is 5.59. The third-order valence-corrected chi connectivity index (χ3v) is 2.22. The normalized spacial score (nSPS) is 19.4. The van der Waals surface area contributed by atoms with E-state index in [2.05, 4.69) is 5.18 Å². The fourth-order valence-corrected chi connectivity index (χ4v) is 1.74. The van der Waals surface area contributed by atoms with Crippen molar-refractivity contribution in [2.45, 2.75) is 26.4 Å². The van der Waals surface area contributed by atoms with Gasteiger partial charge in [0.1, 0.15) is 11.8 Å². The number of ether oxygens (including phenoxy) is 1. The SMILES string of the molecule is Cc1cc2c(c(N=O)c1)O[C@@H](C)C2. The lowest BCUT2D eigenvalue weighted by Gasteiger charge is -2.04. The molecular weight excluding hydrogens is 166 g/mol. The van der Waals surface area contributed by atoms with Crippen molar-refractivity contribution in [1.82, 2.24) is 0 Å². The van der Waals surface area contributed by atoms with Crippen LogP contribution in [0.15, 0.2) is 17.3 Å². The van der Waals surface area contributed by atoms with Crippen LogP contribution >= 0.6 is 0 Å². The molecule has 1 aliphatic heterocycles. The van der Waals surface area contributed by atoms with E-state index in [1.165, 1.54) is 0 Å². The van der Waals surface area contributed by atoms with Gasteiger partial charge in [0.25, 0.3) is 0 Å². The summed E-state index contributed by atoms with van der Waals surface area (Å²) >= 11 is 0. The van der Waals surface area contributed by atoms with E-state index in [0.29, 0.717) is 11.4 Å².